The summed E-state index contributed by atoms with van der Waals surface area (Å²) in [5.74, 6) is 1.45. The van der Waals surface area contributed by atoms with E-state index in [0.717, 1.165) is 40.3 Å². The fraction of sp³-hybridized carbons (Fsp3) is 0.375. The van der Waals surface area contributed by atoms with Crippen LogP contribution < -0.4 is 10.1 Å². The Kier molecular flexibility index (Phi) is 4.07. The predicted octanol–water partition coefficient (Wildman–Crippen LogP) is 2.74. The minimum atomic E-state index is -0.0834. The zero-order valence-electron chi connectivity index (χ0n) is 12.5. The Bertz CT molecular complexity index is 705. The number of aromatic nitrogens is 1. The van der Waals surface area contributed by atoms with Gasteiger partial charge in [0.25, 0.3) is 0 Å². The zero-order chi connectivity index (χ0) is 15.7. The maximum atomic E-state index is 12.2. The minimum Gasteiger partial charge on any atom is -0.493 e. The maximum Gasteiger partial charge on any atom is 0.224 e. The number of hydrogen-bond donors (Lipinski definition) is 1. The van der Waals surface area contributed by atoms with Crippen LogP contribution in [-0.4, -0.2) is 17.7 Å². The standard InChI is InChI=1S/C16H17ClN2O3/c1-9-14(10(2)22-19-9)8-18-15(20)7-12-6-13(17)5-11-3-4-21-16(11)12/h5-6H,3-4,7-8H2,1-2H3,(H,18,20). The summed E-state index contributed by atoms with van der Waals surface area (Å²) >= 11 is 6.10. The third-order valence-electron chi connectivity index (χ3n) is 3.82. The number of aryl methyl sites for hydroxylation is 2. The van der Waals surface area contributed by atoms with Gasteiger partial charge in [0.05, 0.1) is 18.7 Å². The van der Waals surface area contributed by atoms with Crippen molar-refractivity contribution < 1.29 is 14.1 Å². The number of amides is 1. The van der Waals surface area contributed by atoms with E-state index in [1.165, 1.54) is 0 Å². The minimum absolute atomic E-state index is 0.0834. The van der Waals surface area contributed by atoms with E-state index in [2.05, 4.69) is 10.5 Å². The molecule has 3 rings (SSSR count). The van der Waals surface area contributed by atoms with E-state index in [-0.39, 0.29) is 12.3 Å². The van der Waals surface area contributed by atoms with Gasteiger partial charge in [-0.2, -0.15) is 0 Å². The summed E-state index contributed by atoms with van der Waals surface area (Å²) in [4.78, 5) is 12.2. The molecule has 0 aliphatic carbocycles. The van der Waals surface area contributed by atoms with E-state index in [4.69, 9.17) is 20.9 Å². The first-order valence-electron chi connectivity index (χ1n) is 7.17. The summed E-state index contributed by atoms with van der Waals surface area (Å²) in [6.45, 7) is 4.74. The van der Waals surface area contributed by atoms with Crippen molar-refractivity contribution in [3.8, 4) is 5.75 Å². The van der Waals surface area contributed by atoms with Crippen LogP contribution in [0.15, 0.2) is 16.7 Å². The normalized spacial score (nSPS) is 12.9. The molecule has 5 nitrogen and oxygen atoms in total. The van der Waals surface area contributed by atoms with E-state index < -0.39 is 0 Å². The van der Waals surface area contributed by atoms with E-state index >= 15 is 0 Å². The summed E-state index contributed by atoms with van der Waals surface area (Å²) in [7, 11) is 0. The van der Waals surface area contributed by atoms with Gasteiger partial charge < -0.3 is 14.6 Å². The van der Waals surface area contributed by atoms with Gasteiger partial charge in [-0.05, 0) is 31.5 Å². The topological polar surface area (TPSA) is 64.4 Å². The second kappa shape index (κ2) is 6.01. The molecule has 1 aromatic heterocycles. The number of fused-ring (bicyclic) bond motifs is 1. The molecule has 0 atom stereocenters. The average Bonchev–Trinajstić information content (AvgIpc) is 3.04. The summed E-state index contributed by atoms with van der Waals surface area (Å²) in [6.07, 6.45) is 1.08. The van der Waals surface area contributed by atoms with Crippen LogP contribution in [0, 0.1) is 13.8 Å². The first-order valence-corrected chi connectivity index (χ1v) is 7.55. The monoisotopic (exact) mass is 320 g/mol. The van der Waals surface area contributed by atoms with Crippen LogP contribution in [0.4, 0.5) is 0 Å². The van der Waals surface area contributed by atoms with Crippen LogP contribution >= 0.6 is 11.6 Å². The number of rotatable bonds is 4. The second-order valence-corrected chi connectivity index (χ2v) is 5.84. The van der Waals surface area contributed by atoms with Gasteiger partial charge in [-0.1, -0.05) is 16.8 Å². The van der Waals surface area contributed by atoms with Crippen molar-refractivity contribution in [3.63, 3.8) is 0 Å². The van der Waals surface area contributed by atoms with Crippen LogP contribution in [0.3, 0.4) is 0 Å². The summed E-state index contributed by atoms with van der Waals surface area (Å²) in [5.41, 5.74) is 3.61. The number of ether oxygens (including phenoxy) is 1. The Morgan fingerprint density at radius 1 is 1.41 bits per heavy atom. The van der Waals surface area contributed by atoms with Crippen molar-refractivity contribution in [2.24, 2.45) is 0 Å². The lowest BCUT2D eigenvalue weighted by Gasteiger charge is -2.09. The number of carbonyl (C=O) groups is 1. The van der Waals surface area contributed by atoms with Gasteiger partial charge >= 0.3 is 0 Å². The molecule has 2 aromatic rings. The van der Waals surface area contributed by atoms with Gasteiger partial charge in [0.2, 0.25) is 5.91 Å². The molecule has 0 fully saturated rings. The van der Waals surface area contributed by atoms with Gasteiger partial charge in [-0.3, -0.25) is 4.79 Å². The molecule has 1 aliphatic heterocycles. The molecule has 1 amide bonds. The molecule has 0 bridgehead atoms. The van der Waals surface area contributed by atoms with Gasteiger partial charge in [0, 0.05) is 29.1 Å². The van der Waals surface area contributed by atoms with Crippen LogP contribution in [0.5, 0.6) is 5.75 Å². The first-order chi connectivity index (χ1) is 10.5. The van der Waals surface area contributed by atoms with Gasteiger partial charge in [-0.15, -0.1) is 0 Å². The lowest BCUT2D eigenvalue weighted by molar-refractivity contribution is -0.120. The quantitative estimate of drug-likeness (QED) is 0.940. The molecule has 0 saturated heterocycles. The predicted molar refractivity (Wildman–Crippen MR) is 82.2 cm³/mol. The average molecular weight is 321 g/mol. The Balaban J connectivity index is 1.68. The Labute approximate surface area is 133 Å². The first kappa shape index (κ1) is 14.9. The van der Waals surface area contributed by atoms with E-state index in [1.54, 1.807) is 6.07 Å². The molecule has 22 heavy (non-hydrogen) atoms. The van der Waals surface area contributed by atoms with Crippen LogP contribution in [0.1, 0.15) is 28.1 Å². The fourth-order valence-corrected chi connectivity index (χ4v) is 2.92. The molecule has 0 spiro atoms. The van der Waals surface area contributed by atoms with E-state index in [9.17, 15) is 4.79 Å². The Morgan fingerprint density at radius 3 is 2.95 bits per heavy atom. The molecular weight excluding hydrogens is 304 g/mol. The fourth-order valence-electron chi connectivity index (χ4n) is 2.65. The molecular formula is C16H17ClN2O3. The second-order valence-electron chi connectivity index (χ2n) is 5.41. The van der Waals surface area contributed by atoms with Crippen molar-refractivity contribution in [3.05, 3.63) is 45.3 Å². The van der Waals surface area contributed by atoms with Gasteiger partial charge in [-0.25, -0.2) is 0 Å². The smallest absolute Gasteiger partial charge is 0.224 e. The lowest BCUT2D eigenvalue weighted by Crippen LogP contribution is -2.25. The lowest BCUT2D eigenvalue weighted by atomic mass is 10.1. The third kappa shape index (κ3) is 2.95. The number of nitrogens with one attached hydrogen (secondary N) is 1. The number of benzene rings is 1. The van der Waals surface area contributed by atoms with Crippen LogP contribution in [-0.2, 0) is 24.2 Å². The number of halogens is 1. The third-order valence-corrected chi connectivity index (χ3v) is 4.04. The molecule has 1 N–H and O–H groups in total. The highest BCUT2D eigenvalue weighted by molar-refractivity contribution is 6.30. The summed E-state index contributed by atoms with van der Waals surface area (Å²) < 4.78 is 10.7. The molecule has 0 saturated carbocycles. The van der Waals surface area contributed by atoms with Crippen LogP contribution in [0.25, 0.3) is 0 Å². The highest BCUT2D eigenvalue weighted by atomic mass is 35.5. The van der Waals surface area contributed by atoms with E-state index in [1.807, 2.05) is 19.9 Å². The summed E-state index contributed by atoms with van der Waals surface area (Å²) in [5, 5.41) is 7.40. The number of carbonyl (C=O) groups excluding carboxylic acids is 1. The van der Waals surface area contributed by atoms with Crippen molar-refractivity contribution in [1.82, 2.24) is 10.5 Å². The molecule has 1 aliphatic rings. The van der Waals surface area contributed by atoms with Crippen molar-refractivity contribution >= 4 is 17.5 Å². The summed E-state index contributed by atoms with van der Waals surface area (Å²) in [6, 6.07) is 3.69. The Morgan fingerprint density at radius 2 is 2.23 bits per heavy atom. The Hall–Kier alpha value is -2.01. The number of hydrogen-bond acceptors (Lipinski definition) is 4. The maximum absolute atomic E-state index is 12.2. The molecule has 6 heteroatoms. The zero-order valence-corrected chi connectivity index (χ0v) is 13.3. The van der Waals surface area contributed by atoms with Crippen molar-refractivity contribution in [2.75, 3.05) is 6.61 Å². The van der Waals surface area contributed by atoms with Crippen LogP contribution in [0.2, 0.25) is 5.02 Å². The van der Waals surface area contributed by atoms with Crippen molar-refractivity contribution in [1.29, 1.82) is 0 Å². The molecule has 116 valence electrons. The highest BCUT2D eigenvalue weighted by Gasteiger charge is 2.19. The molecule has 0 unspecified atom stereocenters. The van der Waals surface area contributed by atoms with Gasteiger partial charge in [0.15, 0.2) is 0 Å². The number of nitrogens with zero attached hydrogens (tertiary/aromatic N) is 1. The van der Waals surface area contributed by atoms with Gasteiger partial charge in [0.1, 0.15) is 11.5 Å². The highest BCUT2D eigenvalue weighted by Crippen LogP contribution is 2.33. The molecule has 2 heterocycles. The van der Waals surface area contributed by atoms with Crippen molar-refractivity contribution in [2.45, 2.75) is 33.2 Å². The SMILES string of the molecule is Cc1noc(C)c1CNC(=O)Cc1cc(Cl)cc2c1OCC2. The van der Waals surface area contributed by atoms with E-state index in [0.29, 0.717) is 18.2 Å². The molecule has 0 radical (unpaired) electrons. The molecule has 1 aromatic carbocycles. The largest absolute Gasteiger partial charge is 0.493 e.